The minimum atomic E-state index is -3.87. The van der Waals surface area contributed by atoms with Crippen molar-refractivity contribution in [3.8, 4) is 0 Å². The second-order valence-electron chi connectivity index (χ2n) is 3.50. The Morgan fingerprint density at radius 3 is 2.56 bits per heavy atom. The van der Waals surface area contributed by atoms with Gasteiger partial charge in [-0.2, -0.15) is 8.42 Å². The van der Waals surface area contributed by atoms with Crippen molar-refractivity contribution < 1.29 is 17.0 Å². The highest BCUT2D eigenvalue weighted by Crippen LogP contribution is 2.14. The lowest BCUT2D eigenvalue weighted by Crippen LogP contribution is -2.07. The molecule has 0 fully saturated rings. The summed E-state index contributed by atoms with van der Waals surface area (Å²) < 4.78 is 41.5. The first-order valence-electron chi connectivity index (χ1n) is 5.12. The third kappa shape index (κ3) is 2.91. The lowest BCUT2D eigenvalue weighted by molar-refractivity contribution is 0.301. The van der Waals surface area contributed by atoms with Crippen molar-refractivity contribution in [3.05, 3.63) is 60.2 Å². The van der Waals surface area contributed by atoms with Gasteiger partial charge in [-0.3, -0.25) is 9.17 Å². The van der Waals surface area contributed by atoms with E-state index in [-0.39, 0.29) is 17.1 Å². The molecule has 1 heterocycles. The van der Waals surface area contributed by atoms with Crippen LogP contribution in [0.3, 0.4) is 0 Å². The molecular formula is C12H10FNO3S. The van der Waals surface area contributed by atoms with Crippen LogP contribution >= 0.6 is 0 Å². The molecular weight excluding hydrogens is 257 g/mol. The fraction of sp³-hybridized carbons (Fsp3) is 0.0833. The fourth-order valence-corrected chi connectivity index (χ4v) is 2.22. The van der Waals surface area contributed by atoms with Crippen LogP contribution in [0, 0.1) is 5.82 Å². The molecule has 1 aromatic carbocycles. The zero-order valence-corrected chi connectivity index (χ0v) is 10.1. The van der Waals surface area contributed by atoms with E-state index >= 15 is 0 Å². The summed E-state index contributed by atoms with van der Waals surface area (Å²) in [7, 11) is -3.87. The van der Waals surface area contributed by atoms with Crippen molar-refractivity contribution in [3.63, 3.8) is 0 Å². The largest absolute Gasteiger partial charge is 0.297 e. The Kier molecular flexibility index (Phi) is 3.69. The average molecular weight is 267 g/mol. The molecule has 0 aliphatic carbocycles. The minimum Gasteiger partial charge on any atom is -0.264 e. The van der Waals surface area contributed by atoms with Crippen molar-refractivity contribution in [1.29, 1.82) is 0 Å². The predicted molar refractivity (Wildman–Crippen MR) is 62.6 cm³/mol. The minimum absolute atomic E-state index is 0.0364. The first-order chi connectivity index (χ1) is 8.59. The number of aromatic nitrogens is 1. The van der Waals surface area contributed by atoms with Crippen molar-refractivity contribution in [2.75, 3.05) is 0 Å². The molecule has 0 radical (unpaired) electrons. The van der Waals surface area contributed by atoms with E-state index in [0.29, 0.717) is 0 Å². The number of hydrogen-bond donors (Lipinski definition) is 0. The monoisotopic (exact) mass is 267 g/mol. The van der Waals surface area contributed by atoms with E-state index in [1.165, 1.54) is 24.5 Å². The molecule has 0 saturated heterocycles. The Balaban J connectivity index is 2.14. The smallest absolute Gasteiger partial charge is 0.264 e. The Bertz CT molecular complexity index is 629. The number of pyridine rings is 1. The molecule has 94 valence electrons. The Hall–Kier alpha value is -1.79. The number of hydrogen-bond acceptors (Lipinski definition) is 4. The highest BCUT2D eigenvalue weighted by molar-refractivity contribution is 7.86. The number of benzene rings is 1. The third-order valence-electron chi connectivity index (χ3n) is 2.25. The number of halogens is 1. The molecule has 0 atom stereocenters. The summed E-state index contributed by atoms with van der Waals surface area (Å²) >= 11 is 0. The zero-order valence-electron chi connectivity index (χ0n) is 9.28. The van der Waals surface area contributed by atoms with Gasteiger partial charge < -0.3 is 0 Å². The van der Waals surface area contributed by atoms with Gasteiger partial charge in [-0.15, -0.1) is 0 Å². The van der Waals surface area contributed by atoms with E-state index in [9.17, 15) is 12.8 Å². The van der Waals surface area contributed by atoms with Crippen LogP contribution in [0.25, 0.3) is 0 Å². The molecule has 0 aliphatic rings. The van der Waals surface area contributed by atoms with Crippen LogP contribution < -0.4 is 0 Å². The van der Waals surface area contributed by atoms with Gasteiger partial charge in [0.25, 0.3) is 10.1 Å². The van der Waals surface area contributed by atoms with E-state index < -0.39 is 15.9 Å². The van der Waals surface area contributed by atoms with Gasteiger partial charge in [-0.05, 0) is 18.2 Å². The summed E-state index contributed by atoms with van der Waals surface area (Å²) in [6, 6.07) is 8.83. The zero-order chi connectivity index (χ0) is 13.0. The lowest BCUT2D eigenvalue weighted by atomic mass is 10.3. The van der Waals surface area contributed by atoms with Crippen LogP contribution in [-0.4, -0.2) is 13.4 Å². The van der Waals surface area contributed by atoms with Crippen LogP contribution in [-0.2, 0) is 20.9 Å². The maximum atomic E-state index is 13.3. The molecule has 0 N–H and O–H groups in total. The van der Waals surface area contributed by atoms with Gasteiger partial charge in [0.05, 0.1) is 11.5 Å². The van der Waals surface area contributed by atoms with E-state index in [1.54, 1.807) is 18.2 Å². The van der Waals surface area contributed by atoms with E-state index in [1.807, 2.05) is 0 Å². The Morgan fingerprint density at radius 1 is 1.17 bits per heavy atom. The van der Waals surface area contributed by atoms with E-state index in [2.05, 4.69) is 4.98 Å². The van der Waals surface area contributed by atoms with E-state index in [4.69, 9.17) is 4.18 Å². The van der Waals surface area contributed by atoms with Crippen LogP contribution in [0.1, 0.15) is 5.56 Å². The van der Waals surface area contributed by atoms with Crippen LogP contribution in [0.4, 0.5) is 4.39 Å². The van der Waals surface area contributed by atoms with Crippen LogP contribution in [0.2, 0.25) is 0 Å². The van der Waals surface area contributed by atoms with E-state index in [0.717, 1.165) is 6.07 Å². The number of rotatable bonds is 4. The van der Waals surface area contributed by atoms with Crippen LogP contribution in [0.5, 0.6) is 0 Å². The Labute approximate surface area is 104 Å². The molecule has 6 heteroatoms. The summed E-state index contributed by atoms with van der Waals surface area (Å²) in [5.74, 6) is -0.548. The maximum Gasteiger partial charge on any atom is 0.297 e. The van der Waals surface area contributed by atoms with Crippen molar-refractivity contribution >= 4 is 10.1 Å². The molecule has 4 nitrogen and oxygen atoms in total. The van der Waals surface area contributed by atoms with Gasteiger partial charge in [-0.1, -0.05) is 18.2 Å². The van der Waals surface area contributed by atoms with Gasteiger partial charge in [0.1, 0.15) is 5.82 Å². The van der Waals surface area contributed by atoms with Gasteiger partial charge >= 0.3 is 0 Å². The molecule has 0 saturated carbocycles. The summed E-state index contributed by atoms with van der Waals surface area (Å²) in [6.45, 7) is -0.378. The molecule has 0 spiro atoms. The highest BCUT2D eigenvalue weighted by atomic mass is 32.2. The summed E-state index contributed by atoms with van der Waals surface area (Å²) in [5, 5.41) is 0. The van der Waals surface area contributed by atoms with Crippen LogP contribution in [0.15, 0.2) is 53.7 Å². The van der Waals surface area contributed by atoms with Gasteiger partial charge in [0.15, 0.2) is 0 Å². The lowest BCUT2D eigenvalue weighted by Gasteiger charge is -2.05. The van der Waals surface area contributed by atoms with Gasteiger partial charge in [0, 0.05) is 18.0 Å². The standard InChI is InChI=1S/C12H10FNO3S/c13-12-6-7-14-8-10(12)9-17-18(15,16)11-4-2-1-3-5-11/h1-8H,9H2. The quantitative estimate of drug-likeness (QED) is 0.796. The topological polar surface area (TPSA) is 56.3 Å². The van der Waals surface area contributed by atoms with Gasteiger partial charge in [-0.25, -0.2) is 4.39 Å². The molecule has 2 rings (SSSR count). The summed E-state index contributed by atoms with van der Waals surface area (Å²) in [6.07, 6.45) is 2.51. The van der Waals surface area contributed by atoms with Crippen molar-refractivity contribution in [2.45, 2.75) is 11.5 Å². The van der Waals surface area contributed by atoms with Crippen molar-refractivity contribution in [1.82, 2.24) is 4.98 Å². The predicted octanol–water partition coefficient (Wildman–Crippen LogP) is 2.13. The molecule has 18 heavy (non-hydrogen) atoms. The SMILES string of the molecule is O=S(=O)(OCc1cnccc1F)c1ccccc1. The Morgan fingerprint density at radius 2 is 1.89 bits per heavy atom. The first-order valence-corrected chi connectivity index (χ1v) is 6.53. The second kappa shape index (κ2) is 5.24. The summed E-state index contributed by atoms with van der Waals surface area (Å²) in [4.78, 5) is 3.74. The summed E-state index contributed by atoms with van der Waals surface area (Å²) in [5.41, 5.74) is 0.0945. The maximum absolute atomic E-state index is 13.3. The molecule has 0 unspecified atom stereocenters. The normalized spacial score (nSPS) is 11.4. The molecule has 0 amide bonds. The van der Waals surface area contributed by atoms with Gasteiger partial charge in [0.2, 0.25) is 0 Å². The number of nitrogens with zero attached hydrogens (tertiary/aromatic N) is 1. The highest BCUT2D eigenvalue weighted by Gasteiger charge is 2.15. The average Bonchev–Trinajstić information content (AvgIpc) is 2.39. The molecule has 2 aromatic rings. The first kappa shape index (κ1) is 12.7. The third-order valence-corrected chi connectivity index (χ3v) is 3.52. The fourth-order valence-electron chi connectivity index (χ4n) is 1.31. The van der Waals surface area contributed by atoms with Crippen molar-refractivity contribution in [2.24, 2.45) is 0 Å². The molecule has 0 aliphatic heterocycles. The molecule has 1 aromatic heterocycles. The molecule has 0 bridgehead atoms. The second-order valence-corrected chi connectivity index (χ2v) is 5.11.